The Kier molecular flexibility index (Phi) is 7.63. The maximum absolute atomic E-state index is 12.5. The second-order valence-corrected chi connectivity index (χ2v) is 8.13. The summed E-state index contributed by atoms with van der Waals surface area (Å²) in [6.07, 6.45) is 1.75. The zero-order chi connectivity index (χ0) is 21.3. The van der Waals surface area contributed by atoms with Gasteiger partial charge in [-0.2, -0.15) is 0 Å². The van der Waals surface area contributed by atoms with Crippen molar-refractivity contribution in [2.75, 3.05) is 49.6 Å². The zero-order valence-electron chi connectivity index (χ0n) is 18.7. The number of nitrogens with zero attached hydrogens (tertiary/aromatic N) is 1. The molecule has 0 heterocycles. The first-order valence-electron chi connectivity index (χ1n) is 9.62. The maximum atomic E-state index is 12.5. The number of fused-ring (bicyclic) bond motifs is 3. The third kappa shape index (κ3) is 4.23. The Labute approximate surface area is 195 Å². The summed E-state index contributed by atoms with van der Waals surface area (Å²) < 4.78 is 23.1. The van der Waals surface area contributed by atoms with E-state index in [9.17, 15) is 4.79 Å². The molecule has 0 aliphatic heterocycles. The maximum Gasteiger partial charge on any atom is 0.220 e. The summed E-state index contributed by atoms with van der Waals surface area (Å²) in [7, 11) is 12.9. The number of quaternary nitrogens is 1. The molecule has 0 aromatic heterocycles. The average molecular weight is 527 g/mol. The van der Waals surface area contributed by atoms with Gasteiger partial charge < -0.3 is 47.4 Å². The fourth-order valence-electron chi connectivity index (χ4n) is 4.24. The second kappa shape index (κ2) is 9.43. The molecular weight excluding hydrogens is 497 g/mol. The van der Waals surface area contributed by atoms with Crippen LogP contribution in [0.4, 0.5) is 0 Å². The lowest BCUT2D eigenvalue weighted by Gasteiger charge is -2.34. The summed E-state index contributed by atoms with van der Waals surface area (Å²) in [4.78, 5) is 12.5. The monoisotopic (exact) mass is 527 g/mol. The standard InChI is InChI=1S/C23H30NO5.HI/c1-24(2,3)17-10-8-14-12-20(27-5)22(28-6)23(29-7)21(14)15-9-11-18(25)19(26-4)13-16(15)17;/h9,11-13,17H,8,10H2,1-7H3;1H/q+1;/p-1. The number of methoxy groups -OCH3 is 4. The van der Waals surface area contributed by atoms with E-state index < -0.39 is 0 Å². The van der Waals surface area contributed by atoms with Crippen LogP contribution in [0.5, 0.6) is 23.0 Å². The molecule has 0 amide bonds. The van der Waals surface area contributed by atoms with Crippen LogP contribution in [0.25, 0.3) is 11.1 Å². The second-order valence-electron chi connectivity index (χ2n) is 8.13. The molecule has 6 nitrogen and oxygen atoms in total. The third-order valence-electron chi connectivity index (χ3n) is 5.62. The van der Waals surface area contributed by atoms with E-state index in [-0.39, 0.29) is 35.4 Å². The van der Waals surface area contributed by atoms with Crippen LogP contribution in [-0.2, 0) is 6.42 Å². The number of aryl methyl sites for hydroxylation is 1. The normalized spacial score (nSPS) is 15.1. The molecular formula is C23H30INO5. The molecule has 3 rings (SSSR count). The Balaban J connectivity index is 0.00000320. The lowest BCUT2D eigenvalue weighted by molar-refractivity contribution is -0.902. The van der Waals surface area contributed by atoms with Crippen LogP contribution < -0.4 is 48.4 Å². The Morgan fingerprint density at radius 3 is 2.03 bits per heavy atom. The zero-order valence-corrected chi connectivity index (χ0v) is 20.8. The Bertz CT molecular complexity index is 985. The minimum absolute atomic E-state index is 0. The number of rotatable bonds is 5. The summed E-state index contributed by atoms with van der Waals surface area (Å²) >= 11 is 0. The third-order valence-corrected chi connectivity index (χ3v) is 5.62. The SMILES string of the molecule is COc1cc2c(c(OC)c1OC)-c1ccc(=O)c(OC)cc1C([N+](C)(C)C)CC2.[I-]. The van der Waals surface area contributed by atoms with Crippen molar-refractivity contribution in [3.8, 4) is 34.1 Å². The lowest BCUT2D eigenvalue weighted by Crippen LogP contribution is -3.00. The number of halogens is 1. The molecule has 2 aromatic rings. The molecule has 0 spiro atoms. The minimum atomic E-state index is -0.151. The fourth-order valence-corrected chi connectivity index (χ4v) is 4.24. The van der Waals surface area contributed by atoms with E-state index >= 15 is 0 Å². The highest BCUT2D eigenvalue weighted by atomic mass is 127. The Hall–Kier alpha value is -2.00. The molecule has 2 aromatic carbocycles. The van der Waals surface area contributed by atoms with Crippen LogP contribution >= 0.6 is 0 Å². The predicted molar refractivity (Wildman–Crippen MR) is 113 cm³/mol. The molecule has 1 aliphatic carbocycles. The van der Waals surface area contributed by atoms with Crippen molar-refractivity contribution in [2.45, 2.75) is 18.9 Å². The summed E-state index contributed by atoms with van der Waals surface area (Å²) in [5.74, 6) is 2.13. The highest BCUT2D eigenvalue weighted by Crippen LogP contribution is 2.51. The van der Waals surface area contributed by atoms with Crippen LogP contribution in [0.1, 0.15) is 23.6 Å². The number of hydrogen-bond acceptors (Lipinski definition) is 5. The summed E-state index contributed by atoms with van der Waals surface area (Å²) in [6.45, 7) is 0. The molecule has 0 saturated heterocycles. The van der Waals surface area contributed by atoms with Gasteiger partial charge in [0.05, 0.1) is 49.6 Å². The van der Waals surface area contributed by atoms with E-state index in [0.29, 0.717) is 23.0 Å². The van der Waals surface area contributed by atoms with E-state index in [4.69, 9.17) is 18.9 Å². The smallest absolute Gasteiger partial charge is 0.220 e. The Morgan fingerprint density at radius 1 is 0.867 bits per heavy atom. The fraction of sp³-hybridized carbons (Fsp3) is 0.435. The van der Waals surface area contributed by atoms with Crippen molar-refractivity contribution in [3.05, 3.63) is 45.6 Å². The molecule has 0 N–H and O–H groups in total. The first-order valence-corrected chi connectivity index (χ1v) is 9.62. The van der Waals surface area contributed by atoms with Crippen molar-refractivity contribution in [2.24, 2.45) is 0 Å². The van der Waals surface area contributed by atoms with Crippen LogP contribution in [0.2, 0.25) is 0 Å². The van der Waals surface area contributed by atoms with E-state index in [0.717, 1.165) is 39.6 Å². The van der Waals surface area contributed by atoms with Crippen molar-refractivity contribution in [3.63, 3.8) is 0 Å². The van der Waals surface area contributed by atoms with Gasteiger partial charge in [0.15, 0.2) is 17.2 Å². The number of benzene rings is 1. The van der Waals surface area contributed by atoms with Gasteiger partial charge in [0.1, 0.15) is 6.04 Å². The molecule has 0 radical (unpaired) electrons. The summed E-state index contributed by atoms with van der Waals surface area (Å²) in [5.41, 5.74) is 3.90. The first-order chi connectivity index (χ1) is 13.8. The molecule has 0 bridgehead atoms. The van der Waals surface area contributed by atoms with Gasteiger partial charge in [-0.3, -0.25) is 4.79 Å². The van der Waals surface area contributed by atoms with Gasteiger partial charge in [0, 0.05) is 17.5 Å². The van der Waals surface area contributed by atoms with Gasteiger partial charge >= 0.3 is 0 Å². The number of hydrogen-bond donors (Lipinski definition) is 0. The highest BCUT2D eigenvalue weighted by molar-refractivity contribution is 5.82. The van der Waals surface area contributed by atoms with Crippen molar-refractivity contribution >= 4 is 0 Å². The quantitative estimate of drug-likeness (QED) is 0.418. The predicted octanol–water partition coefficient (Wildman–Crippen LogP) is 0.446. The van der Waals surface area contributed by atoms with Crippen molar-refractivity contribution in [1.82, 2.24) is 0 Å². The molecule has 1 aliphatic rings. The van der Waals surface area contributed by atoms with Crippen LogP contribution in [0, 0.1) is 0 Å². The topological polar surface area (TPSA) is 54.0 Å². The first kappa shape index (κ1) is 24.3. The molecule has 164 valence electrons. The highest BCUT2D eigenvalue weighted by Gasteiger charge is 2.34. The molecule has 1 unspecified atom stereocenters. The molecule has 0 fully saturated rings. The van der Waals surface area contributed by atoms with Gasteiger partial charge in [0.25, 0.3) is 0 Å². The van der Waals surface area contributed by atoms with E-state index in [1.807, 2.05) is 18.2 Å². The molecule has 30 heavy (non-hydrogen) atoms. The number of ether oxygens (including phenoxy) is 4. The molecule has 7 heteroatoms. The van der Waals surface area contributed by atoms with Gasteiger partial charge in [-0.15, -0.1) is 0 Å². The lowest BCUT2D eigenvalue weighted by atomic mass is 9.95. The Morgan fingerprint density at radius 2 is 1.50 bits per heavy atom. The van der Waals surface area contributed by atoms with Crippen LogP contribution in [-0.4, -0.2) is 54.1 Å². The van der Waals surface area contributed by atoms with E-state index in [1.54, 1.807) is 27.4 Å². The van der Waals surface area contributed by atoms with Crippen LogP contribution in [0.3, 0.4) is 0 Å². The average Bonchev–Trinajstić information content (AvgIpc) is 2.94. The van der Waals surface area contributed by atoms with Crippen molar-refractivity contribution < 1.29 is 47.4 Å². The van der Waals surface area contributed by atoms with Gasteiger partial charge in [-0.05, 0) is 41.8 Å². The minimum Gasteiger partial charge on any atom is -1.00 e. The van der Waals surface area contributed by atoms with Crippen LogP contribution in [0.15, 0.2) is 29.1 Å². The molecule has 1 atom stereocenters. The summed E-state index contributed by atoms with van der Waals surface area (Å²) in [5, 5.41) is 0. The van der Waals surface area contributed by atoms with Crippen molar-refractivity contribution in [1.29, 1.82) is 0 Å². The summed E-state index contributed by atoms with van der Waals surface area (Å²) in [6, 6.07) is 7.51. The largest absolute Gasteiger partial charge is 1.00 e. The molecule has 0 saturated carbocycles. The van der Waals surface area contributed by atoms with E-state index in [2.05, 4.69) is 21.1 Å². The van der Waals surface area contributed by atoms with Gasteiger partial charge in [-0.1, -0.05) is 0 Å². The van der Waals surface area contributed by atoms with Gasteiger partial charge in [-0.25, -0.2) is 0 Å². The van der Waals surface area contributed by atoms with E-state index in [1.165, 1.54) is 7.11 Å². The van der Waals surface area contributed by atoms with Gasteiger partial charge in [0.2, 0.25) is 11.2 Å².